The zero-order valence-corrected chi connectivity index (χ0v) is 10.7. The summed E-state index contributed by atoms with van der Waals surface area (Å²) in [5, 5.41) is 12.4. The van der Waals surface area contributed by atoms with Gasteiger partial charge in [-0.3, -0.25) is 15.4 Å². The van der Waals surface area contributed by atoms with Crippen LogP contribution in [0.4, 0.5) is 29.3 Å². The fraction of sp³-hybridized carbons (Fsp3) is 0.300. The molecule has 1 rings (SSSR count). The second kappa shape index (κ2) is 5.95. The number of ether oxygens (including phenoxy) is 1. The highest BCUT2D eigenvalue weighted by molar-refractivity contribution is 6.33. The maximum absolute atomic E-state index is 11.8. The lowest BCUT2D eigenvalue weighted by Gasteiger charge is -2.11. The van der Waals surface area contributed by atoms with Gasteiger partial charge in [0.05, 0.1) is 4.92 Å². The third-order valence-electron chi connectivity index (χ3n) is 2.09. The number of halogens is 4. The van der Waals surface area contributed by atoms with E-state index in [9.17, 15) is 28.1 Å². The van der Waals surface area contributed by atoms with Crippen molar-refractivity contribution in [1.29, 1.82) is 0 Å². The predicted molar refractivity (Wildman–Crippen MR) is 63.9 cm³/mol. The summed E-state index contributed by atoms with van der Waals surface area (Å²) in [6, 6.07) is 2.14. The summed E-state index contributed by atoms with van der Waals surface area (Å²) in [5.74, 6) is 0. The molecular weight excluding hydrogens is 305 g/mol. The number of nitrogens with zero attached hydrogens (tertiary/aromatic N) is 1. The quantitative estimate of drug-likeness (QED) is 0.682. The van der Waals surface area contributed by atoms with Gasteiger partial charge < -0.3 is 4.74 Å². The minimum Gasteiger partial charge on any atom is -0.440 e. The Morgan fingerprint density at radius 2 is 2.10 bits per heavy atom. The maximum atomic E-state index is 11.8. The van der Waals surface area contributed by atoms with E-state index in [0.29, 0.717) is 0 Å². The van der Waals surface area contributed by atoms with Crippen LogP contribution in [0.25, 0.3) is 0 Å². The number of nitrogens with one attached hydrogen (secondary N) is 1. The first-order chi connectivity index (χ1) is 9.10. The molecule has 1 aromatic rings. The number of nitro benzene ring substituents is 1. The van der Waals surface area contributed by atoms with Crippen LogP contribution in [-0.2, 0) is 4.74 Å². The summed E-state index contributed by atoms with van der Waals surface area (Å²) in [4.78, 5) is 21.0. The number of anilines is 1. The van der Waals surface area contributed by atoms with Crippen LogP contribution in [0.2, 0.25) is 5.02 Å². The molecule has 110 valence electrons. The van der Waals surface area contributed by atoms with E-state index >= 15 is 0 Å². The minimum atomic E-state index is -4.64. The Morgan fingerprint density at radius 3 is 2.60 bits per heavy atom. The smallest absolute Gasteiger partial charge is 0.422 e. The van der Waals surface area contributed by atoms with Gasteiger partial charge >= 0.3 is 12.3 Å². The predicted octanol–water partition coefficient (Wildman–Crippen LogP) is 3.67. The van der Waals surface area contributed by atoms with Gasteiger partial charge in [0.25, 0.3) is 5.69 Å². The van der Waals surface area contributed by atoms with Gasteiger partial charge in [-0.15, -0.1) is 0 Å². The monoisotopic (exact) mass is 312 g/mol. The fourth-order valence-corrected chi connectivity index (χ4v) is 1.47. The van der Waals surface area contributed by atoms with Crippen LogP contribution in [0.5, 0.6) is 0 Å². The Balaban J connectivity index is 2.81. The molecule has 10 heteroatoms. The van der Waals surface area contributed by atoms with Gasteiger partial charge in [-0.25, -0.2) is 4.79 Å². The maximum Gasteiger partial charge on any atom is 0.422 e. The molecule has 0 aliphatic carbocycles. The average molecular weight is 313 g/mol. The molecule has 0 bridgehead atoms. The van der Waals surface area contributed by atoms with Crippen molar-refractivity contribution >= 4 is 29.1 Å². The number of alkyl halides is 3. The van der Waals surface area contributed by atoms with E-state index in [1.807, 2.05) is 5.32 Å². The molecule has 20 heavy (non-hydrogen) atoms. The number of amides is 1. The van der Waals surface area contributed by atoms with Crippen molar-refractivity contribution in [3.05, 3.63) is 32.8 Å². The van der Waals surface area contributed by atoms with Gasteiger partial charge in [-0.05, 0) is 18.6 Å². The van der Waals surface area contributed by atoms with E-state index < -0.39 is 23.8 Å². The summed E-state index contributed by atoms with van der Waals surface area (Å²) < 4.78 is 39.4. The topological polar surface area (TPSA) is 81.5 Å². The van der Waals surface area contributed by atoms with Crippen molar-refractivity contribution in [2.24, 2.45) is 0 Å². The Hall–Kier alpha value is -2.03. The van der Waals surface area contributed by atoms with E-state index in [2.05, 4.69) is 4.74 Å². The molecule has 6 nitrogen and oxygen atoms in total. The molecule has 0 heterocycles. The number of aryl methyl sites for hydroxylation is 1. The summed E-state index contributed by atoms with van der Waals surface area (Å²) in [5.41, 5.74) is -0.101. The SMILES string of the molecule is Cc1cc([N+](=O)[O-])c(Cl)cc1NC(=O)OCC(F)(F)F. The van der Waals surface area contributed by atoms with Gasteiger partial charge in [-0.2, -0.15) is 13.2 Å². The Bertz CT molecular complexity index is 548. The number of hydrogen-bond acceptors (Lipinski definition) is 4. The number of hydrogen-bond donors (Lipinski definition) is 1. The van der Waals surface area contributed by atoms with Crippen LogP contribution in [0.15, 0.2) is 12.1 Å². The van der Waals surface area contributed by atoms with Crippen molar-refractivity contribution in [1.82, 2.24) is 0 Å². The van der Waals surface area contributed by atoms with Crippen molar-refractivity contribution in [3.8, 4) is 0 Å². The third kappa shape index (κ3) is 4.57. The largest absolute Gasteiger partial charge is 0.440 e. The fourth-order valence-electron chi connectivity index (χ4n) is 1.23. The van der Waals surface area contributed by atoms with E-state index in [4.69, 9.17) is 11.6 Å². The summed E-state index contributed by atoms with van der Waals surface area (Å²) in [6.45, 7) is -0.318. The molecular formula is C10H8ClF3N2O4. The highest BCUT2D eigenvalue weighted by Crippen LogP contribution is 2.30. The molecule has 0 unspecified atom stereocenters. The number of nitro groups is 1. The lowest BCUT2D eigenvalue weighted by Crippen LogP contribution is -2.23. The van der Waals surface area contributed by atoms with Crippen LogP contribution < -0.4 is 5.32 Å². The van der Waals surface area contributed by atoms with E-state index in [1.165, 1.54) is 6.92 Å². The summed E-state index contributed by atoms with van der Waals surface area (Å²) in [7, 11) is 0. The van der Waals surface area contributed by atoms with Crippen LogP contribution >= 0.6 is 11.6 Å². The first kappa shape index (κ1) is 16.0. The lowest BCUT2D eigenvalue weighted by molar-refractivity contribution is -0.384. The van der Waals surface area contributed by atoms with Crippen LogP contribution in [0, 0.1) is 17.0 Å². The number of benzene rings is 1. The first-order valence-electron chi connectivity index (χ1n) is 5.05. The molecule has 0 spiro atoms. The van der Waals surface area contributed by atoms with Gasteiger partial charge in [0.15, 0.2) is 6.61 Å². The third-order valence-corrected chi connectivity index (χ3v) is 2.40. The second-order valence-electron chi connectivity index (χ2n) is 3.69. The number of carbonyl (C=O) groups is 1. The van der Waals surface area contributed by atoms with Crippen LogP contribution in [0.3, 0.4) is 0 Å². The number of rotatable bonds is 3. The summed E-state index contributed by atoms with van der Waals surface area (Å²) in [6.07, 6.45) is -5.98. The van der Waals surface area contributed by atoms with Gasteiger partial charge in [-0.1, -0.05) is 11.6 Å². The molecule has 0 aliphatic heterocycles. The second-order valence-corrected chi connectivity index (χ2v) is 4.10. The van der Waals surface area contributed by atoms with Gasteiger partial charge in [0, 0.05) is 11.8 Å². The van der Waals surface area contributed by atoms with Crippen LogP contribution in [0.1, 0.15) is 5.56 Å². The zero-order chi connectivity index (χ0) is 15.5. The molecule has 0 saturated carbocycles. The van der Waals surface area contributed by atoms with Crippen molar-refractivity contribution < 1.29 is 27.6 Å². The molecule has 0 fully saturated rings. The minimum absolute atomic E-state index is 0.0211. The molecule has 0 saturated heterocycles. The first-order valence-corrected chi connectivity index (χ1v) is 5.43. The highest BCUT2D eigenvalue weighted by Gasteiger charge is 2.29. The molecule has 0 atom stereocenters. The molecule has 0 aromatic heterocycles. The van der Waals surface area contributed by atoms with Crippen molar-refractivity contribution in [2.75, 3.05) is 11.9 Å². The van der Waals surface area contributed by atoms with E-state index in [-0.39, 0.29) is 22.0 Å². The molecule has 1 aromatic carbocycles. The van der Waals surface area contributed by atoms with Gasteiger partial charge in [0.2, 0.25) is 0 Å². The van der Waals surface area contributed by atoms with Gasteiger partial charge in [0.1, 0.15) is 5.02 Å². The Morgan fingerprint density at radius 1 is 1.50 bits per heavy atom. The average Bonchev–Trinajstić information content (AvgIpc) is 2.29. The van der Waals surface area contributed by atoms with Crippen molar-refractivity contribution in [3.63, 3.8) is 0 Å². The molecule has 1 amide bonds. The molecule has 1 N–H and O–H groups in total. The zero-order valence-electron chi connectivity index (χ0n) is 9.95. The van der Waals surface area contributed by atoms with E-state index in [1.54, 1.807) is 0 Å². The molecule has 0 aliphatic rings. The lowest BCUT2D eigenvalue weighted by atomic mass is 10.2. The summed E-state index contributed by atoms with van der Waals surface area (Å²) >= 11 is 5.62. The van der Waals surface area contributed by atoms with Crippen LogP contribution in [-0.4, -0.2) is 23.8 Å². The molecule has 0 radical (unpaired) electrons. The van der Waals surface area contributed by atoms with Crippen molar-refractivity contribution in [2.45, 2.75) is 13.1 Å². The Labute approximate surface area is 115 Å². The van der Waals surface area contributed by atoms with E-state index in [0.717, 1.165) is 12.1 Å². The Kier molecular flexibility index (Phi) is 4.77. The standard InChI is InChI=1S/C10H8ClF3N2O4/c1-5-2-8(16(18)19)6(11)3-7(5)15-9(17)20-4-10(12,13)14/h2-3H,4H2,1H3,(H,15,17). The normalized spacial score (nSPS) is 11.1. The number of carbonyl (C=O) groups excluding carboxylic acids is 1. The highest BCUT2D eigenvalue weighted by atomic mass is 35.5.